The zero-order valence-electron chi connectivity index (χ0n) is 20.8. The van der Waals surface area contributed by atoms with Crippen LogP contribution in [0, 0.1) is 5.82 Å². The molecule has 4 nitrogen and oxygen atoms in total. The number of benzene rings is 3. The topological polar surface area (TPSA) is 49.4 Å². The van der Waals surface area contributed by atoms with Crippen LogP contribution in [0.5, 0.6) is 0 Å². The summed E-state index contributed by atoms with van der Waals surface area (Å²) in [7, 11) is 0. The van der Waals surface area contributed by atoms with Crippen LogP contribution in [-0.4, -0.2) is 34.0 Å². The lowest BCUT2D eigenvalue weighted by molar-refractivity contribution is -0.140. The summed E-state index contributed by atoms with van der Waals surface area (Å²) < 4.78 is 13.5. The van der Waals surface area contributed by atoms with Gasteiger partial charge in [-0.2, -0.15) is 0 Å². The van der Waals surface area contributed by atoms with Gasteiger partial charge in [0.15, 0.2) is 0 Å². The summed E-state index contributed by atoms with van der Waals surface area (Å²) in [5, 5.41) is 3.70. The van der Waals surface area contributed by atoms with Gasteiger partial charge in [0.2, 0.25) is 11.8 Å². The Kier molecular flexibility index (Phi) is 9.97. The number of hydrogen-bond donors (Lipinski definition) is 1. The summed E-state index contributed by atoms with van der Waals surface area (Å²) in [6.45, 7) is 5.94. The van der Waals surface area contributed by atoms with Gasteiger partial charge in [0, 0.05) is 29.3 Å². The van der Waals surface area contributed by atoms with Gasteiger partial charge in [0.05, 0.1) is 5.75 Å². The van der Waals surface area contributed by atoms with Crippen molar-refractivity contribution < 1.29 is 14.0 Å². The molecule has 0 spiro atoms. The standard InChI is InChI=1S/C29H32ClFN2O2S/c1-29(2,3)32-28(35)26(17-21-8-5-4-6-9-21)33(18-22-12-14-25(31)15-13-22)27(34)20-36-19-23-10-7-11-24(30)16-23/h4-16,26H,17-20H2,1-3H3,(H,32,35)/t26-/m1/s1. The van der Waals surface area contributed by atoms with E-state index in [-0.39, 0.29) is 29.9 Å². The van der Waals surface area contributed by atoms with E-state index in [0.717, 1.165) is 16.7 Å². The van der Waals surface area contributed by atoms with Crippen molar-refractivity contribution in [3.63, 3.8) is 0 Å². The Morgan fingerprint density at radius 2 is 1.61 bits per heavy atom. The molecule has 36 heavy (non-hydrogen) atoms. The lowest BCUT2D eigenvalue weighted by Crippen LogP contribution is -2.54. The molecule has 0 fully saturated rings. The molecule has 7 heteroatoms. The van der Waals surface area contributed by atoms with Crippen molar-refractivity contribution in [1.82, 2.24) is 10.2 Å². The van der Waals surface area contributed by atoms with Gasteiger partial charge in [0.25, 0.3) is 0 Å². The molecule has 0 bridgehead atoms. The van der Waals surface area contributed by atoms with Crippen LogP contribution in [0.1, 0.15) is 37.5 Å². The number of carbonyl (C=O) groups is 2. The van der Waals surface area contributed by atoms with Crippen LogP contribution >= 0.6 is 23.4 Å². The minimum Gasteiger partial charge on any atom is -0.350 e. The fourth-order valence-corrected chi connectivity index (χ4v) is 4.83. The summed E-state index contributed by atoms with van der Waals surface area (Å²) in [6, 6.07) is 22.5. The van der Waals surface area contributed by atoms with Crippen LogP contribution in [0.2, 0.25) is 5.02 Å². The fourth-order valence-electron chi connectivity index (χ4n) is 3.76. The zero-order chi connectivity index (χ0) is 26.1. The highest BCUT2D eigenvalue weighted by molar-refractivity contribution is 7.99. The molecule has 0 heterocycles. The van der Waals surface area contributed by atoms with Crippen LogP contribution in [0.15, 0.2) is 78.9 Å². The number of nitrogens with one attached hydrogen (secondary N) is 1. The van der Waals surface area contributed by atoms with Crippen LogP contribution < -0.4 is 5.32 Å². The highest BCUT2D eigenvalue weighted by Crippen LogP contribution is 2.20. The smallest absolute Gasteiger partial charge is 0.243 e. The Labute approximate surface area is 222 Å². The molecule has 0 saturated carbocycles. The van der Waals surface area contributed by atoms with Gasteiger partial charge in [-0.25, -0.2) is 4.39 Å². The number of amides is 2. The molecule has 1 atom stereocenters. The molecule has 0 aliphatic carbocycles. The molecule has 0 aliphatic heterocycles. The van der Waals surface area contributed by atoms with Crippen LogP contribution in [-0.2, 0) is 28.3 Å². The molecular formula is C29H32ClFN2O2S. The average molecular weight is 527 g/mol. The van der Waals surface area contributed by atoms with Gasteiger partial charge < -0.3 is 10.2 Å². The van der Waals surface area contributed by atoms with Crippen LogP contribution in [0.3, 0.4) is 0 Å². The predicted molar refractivity (Wildman–Crippen MR) is 146 cm³/mol. The Morgan fingerprint density at radius 3 is 2.25 bits per heavy atom. The second-order valence-corrected chi connectivity index (χ2v) is 11.1. The molecule has 3 rings (SSSR count). The summed E-state index contributed by atoms with van der Waals surface area (Å²) in [6.07, 6.45) is 0.370. The number of halogens is 2. The first-order valence-electron chi connectivity index (χ1n) is 11.8. The normalized spacial score (nSPS) is 12.1. The quantitative estimate of drug-likeness (QED) is 0.339. The lowest BCUT2D eigenvalue weighted by Gasteiger charge is -2.34. The van der Waals surface area contributed by atoms with Crippen molar-refractivity contribution in [3.8, 4) is 0 Å². The van der Waals surface area contributed by atoms with Crippen molar-refractivity contribution in [1.29, 1.82) is 0 Å². The van der Waals surface area contributed by atoms with Gasteiger partial charge in [-0.3, -0.25) is 9.59 Å². The largest absolute Gasteiger partial charge is 0.350 e. The van der Waals surface area contributed by atoms with E-state index in [4.69, 9.17) is 11.6 Å². The van der Waals surface area contributed by atoms with E-state index in [1.807, 2.05) is 75.4 Å². The van der Waals surface area contributed by atoms with Crippen molar-refractivity contribution >= 4 is 35.2 Å². The highest BCUT2D eigenvalue weighted by atomic mass is 35.5. The Bertz CT molecular complexity index is 1150. The maximum atomic E-state index is 13.6. The molecule has 0 radical (unpaired) electrons. The maximum absolute atomic E-state index is 13.6. The van der Waals surface area contributed by atoms with E-state index in [1.165, 1.54) is 23.9 Å². The van der Waals surface area contributed by atoms with E-state index in [9.17, 15) is 14.0 Å². The summed E-state index contributed by atoms with van der Waals surface area (Å²) >= 11 is 7.56. The molecule has 3 aromatic rings. The Balaban J connectivity index is 1.86. The minimum absolute atomic E-state index is 0.156. The number of thioether (sulfide) groups is 1. The van der Waals surface area contributed by atoms with Crippen molar-refractivity contribution in [2.45, 2.75) is 51.1 Å². The molecule has 0 aliphatic rings. The first-order valence-corrected chi connectivity index (χ1v) is 13.4. The molecule has 0 unspecified atom stereocenters. The number of nitrogens with zero attached hydrogens (tertiary/aromatic N) is 1. The molecule has 3 aromatic carbocycles. The fraction of sp³-hybridized carbons (Fsp3) is 0.310. The molecule has 0 saturated heterocycles. The first-order chi connectivity index (χ1) is 17.1. The summed E-state index contributed by atoms with van der Waals surface area (Å²) in [5.74, 6) is 0.0914. The zero-order valence-corrected chi connectivity index (χ0v) is 22.4. The Hall–Kier alpha value is -2.83. The van der Waals surface area contributed by atoms with Crippen molar-refractivity contribution in [2.75, 3.05) is 5.75 Å². The van der Waals surface area contributed by atoms with Crippen LogP contribution in [0.4, 0.5) is 4.39 Å². The maximum Gasteiger partial charge on any atom is 0.243 e. The predicted octanol–water partition coefficient (Wildman–Crippen LogP) is 6.27. The number of rotatable bonds is 10. The third-order valence-corrected chi connectivity index (χ3v) is 6.64. The second-order valence-electron chi connectivity index (χ2n) is 9.72. The van der Waals surface area contributed by atoms with Crippen molar-refractivity contribution in [3.05, 3.63) is 106 Å². The number of hydrogen-bond acceptors (Lipinski definition) is 3. The van der Waals surface area contributed by atoms with Gasteiger partial charge in [-0.1, -0.05) is 66.2 Å². The monoisotopic (exact) mass is 526 g/mol. The SMILES string of the molecule is CC(C)(C)NC(=O)[C@@H](Cc1ccccc1)N(Cc1ccc(F)cc1)C(=O)CSCc1cccc(Cl)c1. The van der Waals surface area contributed by atoms with Crippen LogP contribution in [0.25, 0.3) is 0 Å². The third kappa shape index (κ3) is 8.99. The van der Waals surface area contributed by atoms with Gasteiger partial charge in [0.1, 0.15) is 11.9 Å². The van der Waals surface area contributed by atoms with E-state index in [0.29, 0.717) is 17.2 Å². The number of carbonyl (C=O) groups excluding carboxylic acids is 2. The lowest BCUT2D eigenvalue weighted by atomic mass is 10.0. The van der Waals surface area contributed by atoms with E-state index < -0.39 is 11.6 Å². The van der Waals surface area contributed by atoms with E-state index in [1.54, 1.807) is 17.0 Å². The molecule has 2 amide bonds. The van der Waals surface area contributed by atoms with E-state index in [2.05, 4.69) is 5.32 Å². The average Bonchev–Trinajstić information content (AvgIpc) is 2.82. The molecular weight excluding hydrogens is 495 g/mol. The van der Waals surface area contributed by atoms with Gasteiger partial charge >= 0.3 is 0 Å². The van der Waals surface area contributed by atoms with Gasteiger partial charge in [-0.15, -0.1) is 11.8 Å². The summed E-state index contributed by atoms with van der Waals surface area (Å²) in [5.41, 5.74) is 2.27. The van der Waals surface area contributed by atoms with Crippen molar-refractivity contribution in [2.24, 2.45) is 0 Å². The highest BCUT2D eigenvalue weighted by Gasteiger charge is 2.32. The second kappa shape index (κ2) is 12.9. The minimum atomic E-state index is -0.726. The molecule has 0 aromatic heterocycles. The van der Waals surface area contributed by atoms with Gasteiger partial charge in [-0.05, 0) is 61.7 Å². The summed E-state index contributed by atoms with van der Waals surface area (Å²) in [4.78, 5) is 28.7. The molecule has 1 N–H and O–H groups in total. The molecule has 190 valence electrons. The first kappa shape index (κ1) is 27.8. The van der Waals surface area contributed by atoms with E-state index >= 15 is 0 Å². The Morgan fingerprint density at radius 1 is 0.944 bits per heavy atom. The third-order valence-electron chi connectivity index (χ3n) is 5.42.